The van der Waals surface area contributed by atoms with Crippen LogP contribution >= 0.6 is 11.8 Å². The van der Waals surface area contributed by atoms with Crippen molar-refractivity contribution in [2.24, 2.45) is 7.05 Å². The third-order valence-electron chi connectivity index (χ3n) is 4.35. The number of alkyl halides is 6. The van der Waals surface area contributed by atoms with Crippen LogP contribution in [-0.2, 0) is 19.4 Å². The second kappa shape index (κ2) is 7.78. The first-order chi connectivity index (χ1) is 13.5. The van der Waals surface area contributed by atoms with Crippen molar-refractivity contribution < 1.29 is 26.3 Å². The van der Waals surface area contributed by atoms with E-state index in [1.54, 1.807) is 11.6 Å². The zero-order valence-electron chi connectivity index (χ0n) is 15.4. The van der Waals surface area contributed by atoms with Crippen molar-refractivity contribution in [2.75, 3.05) is 5.75 Å². The number of benzene rings is 2. The number of hydrogen-bond acceptors (Lipinski definition) is 2. The second-order valence-corrected chi connectivity index (χ2v) is 7.55. The van der Waals surface area contributed by atoms with Gasteiger partial charge in [-0.05, 0) is 41.6 Å². The minimum Gasteiger partial charge on any atom is -0.327 e. The number of imidazole rings is 1. The van der Waals surface area contributed by atoms with Gasteiger partial charge in [0, 0.05) is 17.5 Å². The molecule has 0 radical (unpaired) electrons. The summed E-state index contributed by atoms with van der Waals surface area (Å²) in [7, 11) is 1.67. The third kappa shape index (κ3) is 4.44. The zero-order valence-corrected chi connectivity index (χ0v) is 16.2. The summed E-state index contributed by atoms with van der Waals surface area (Å²) in [5.74, 6) is 1.01. The van der Waals surface area contributed by atoms with E-state index in [4.69, 9.17) is 0 Å². The molecule has 0 saturated heterocycles. The molecule has 9 heteroatoms. The predicted octanol–water partition coefficient (Wildman–Crippen LogP) is 6.90. The molecule has 0 aliphatic rings. The van der Waals surface area contributed by atoms with Gasteiger partial charge in [0.1, 0.15) is 5.82 Å². The quantitative estimate of drug-likeness (QED) is 0.331. The smallest absolute Gasteiger partial charge is 0.327 e. The zero-order chi connectivity index (χ0) is 21.4. The molecule has 0 N–H and O–H groups in total. The van der Waals surface area contributed by atoms with Crippen LogP contribution < -0.4 is 0 Å². The molecule has 1 heterocycles. The summed E-state index contributed by atoms with van der Waals surface area (Å²) in [6.07, 6.45) is -7.38. The third-order valence-corrected chi connectivity index (χ3v) is 5.28. The van der Waals surface area contributed by atoms with Crippen molar-refractivity contribution >= 4 is 11.8 Å². The van der Waals surface area contributed by atoms with Crippen LogP contribution in [0.3, 0.4) is 0 Å². The van der Waals surface area contributed by atoms with Crippen molar-refractivity contribution in [2.45, 2.75) is 24.2 Å². The SMILES string of the molecule is CCSc1cc(C(F)(F)F)ccc1-c1ncc(-c2ccc(C(F)(F)F)cc2)n1C. The molecule has 0 atom stereocenters. The molecule has 0 fully saturated rings. The number of rotatable bonds is 4. The fourth-order valence-electron chi connectivity index (χ4n) is 2.92. The van der Waals surface area contributed by atoms with E-state index in [-0.39, 0.29) is 0 Å². The molecular formula is C20H16F6N2S. The predicted molar refractivity (Wildman–Crippen MR) is 100 cm³/mol. The van der Waals surface area contributed by atoms with E-state index in [0.29, 0.717) is 33.3 Å². The molecule has 154 valence electrons. The van der Waals surface area contributed by atoms with Crippen LogP contribution in [0, 0.1) is 0 Å². The van der Waals surface area contributed by atoms with E-state index < -0.39 is 23.5 Å². The molecular weight excluding hydrogens is 414 g/mol. The topological polar surface area (TPSA) is 17.8 Å². The Balaban J connectivity index is 2.03. The van der Waals surface area contributed by atoms with Gasteiger partial charge < -0.3 is 4.57 Å². The highest BCUT2D eigenvalue weighted by Gasteiger charge is 2.32. The van der Waals surface area contributed by atoms with Gasteiger partial charge in [0.05, 0.1) is 23.0 Å². The molecule has 0 spiro atoms. The van der Waals surface area contributed by atoms with Gasteiger partial charge >= 0.3 is 12.4 Å². The largest absolute Gasteiger partial charge is 0.416 e. The van der Waals surface area contributed by atoms with Crippen molar-refractivity contribution in [1.82, 2.24) is 9.55 Å². The Morgan fingerprint density at radius 3 is 2.03 bits per heavy atom. The Morgan fingerprint density at radius 2 is 1.48 bits per heavy atom. The van der Waals surface area contributed by atoms with E-state index in [2.05, 4.69) is 4.98 Å². The summed E-state index contributed by atoms with van der Waals surface area (Å²) in [6.45, 7) is 1.83. The molecule has 0 aliphatic carbocycles. The standard InChI is InChI=1S/C20H16F6N2S/c1-3-29-17-10-14(20(24,25)26)8-9-15(17)18-27-11-16(28(18)2)12-4-6-13(7-5-12)19(21,22)23/h4-11H,3H2,1-2H3. The van der Waals surface area contributed by atoms with Gasteiger partial charge in [-0.2, -0.15) is 26.3 Å². The minimum atomic E-state index is -4.45. The minimum absolute atomic E-state index is 0.435. The molecule has 2 nitrogen and oxygen atoms in total. The van der Waals surface area contributed by atoms with Crippen molar-refractivity contribution in [3.05, 3.63) is 59.8 Å². The number of hydrogen-bond donors (Lipinski definition) is 0. The van der Waals surface area contributed by atoms with E-state index in [9.17, 15) is 26.3 Å². The monoisotopic (exact) mass is 430 g/mol. The van der Waals surface area contributed by atoms with Gasteiger partial charge in [-0.25, -0.2) is 4.98 Å². The molecule has 0 saturated carbocycles. The molecule has 3 aromatic rings. The molecule has 0 unspecified atom stereocenters. The molecule has 3 rings (SSSR count). The van der Waals surface area contributed by atoms with Crippen LogP contribution in [0.2, 0.25) is 0 Å². The first kappa shape index (κ1) is 21.3. The Hall–Kier alpha value is -2.42. The van der Waals surface area contributed by atoms with Gasteiger partial charge in [-0.1, -0.05) is 19.1 Å². The number of thioether (sulfide) groups is 1. The first-order valence-electron chi connectivity index (χ1n) is 8.56. The van der Waals surface area contributed by atoms with Gasteiger partial charge in [-0.15, -0.1) is 11.8 Å². The summed E-state index contributed by atoms with van der Waals surface area (Å²) in [5.41, 5.74) is 0.116. The lowest BCUT2D eigenvalue weighted by atomic mass is 10.1. The highest BCUT2D eigenvalue weighted by Crippen LogP contribution is 2.38. The van der Waals surface area contributed by atoms with Gasteiger partial charge in [0.15, 0.2) is 0 Å². The van der Waals surface area contributed by atoms with Gasteiger partial charge in [0.25, 0.3) is 0 Å². The Labute approximate surface area is 167 Å². The van der Waals surface area contributed by atoms with E-state index in [1.165, 1.54) is 36.2 Å². The summed E-state index contributed by atoms with van der Waals surface area (Å²) in [5, 5.41) is 0. The molecule has 0 aliphatic heterocycles. The average Bonchev–Trinajstić information content (AvgIpc) is 3.02. The molecule has 0 bridgehead atoms. The van der Waals surface area contributed by atoms with Crippen LogP contribution in [0.15, 0.2) is 53.6 Å². The second-order valence-electron chi connectivity index (χ2n) is 6.24. The Morgan fingerprint density at radius 1 is 0.897 bits per heavy atom. The Bertz CT molecular complexity index is 1000. The highest BCUT2D eigenvalue weighted by molar-refractivity contribution is 7.99. The molecule has 29 heavy (non-hydrogen) atoms. The van der Waals surface area contributed by atoms with Crippen LogP contribution in [-0.4, -0.2) is 15.3 Å². The van der Waals surface area contributed by atoms with Crippen LogP contribution in [0.1, 0.15) is 18.1 Å². The normalized spacial score (nSPS) is 12.4. The molecule has 2 aromatic carbocycles. The van der Waals surface area contributed by atoms with E-state index in [1.807, 2.05) is 6.92 Å². The lowest BCUT2D eigenvalue weighted by molar-refractivity contribution is -0.138. The fourth-order valence-corrected chi connectivity index (χ4v) is 3.75. The maximum Gasteiger partial charge on any atom is 0.416 e. The van der Waals surface area contributed by atoms with Crippen LogP contribution in [0.4, 0.5) is 26.3 Å². The number of halogens is 6. The van der Waals surface area contributed by atoms with Crippen LogP contribution in [0.25, 0.3) is 22.6 Å². The summed E-state index contributed by atoms with van der Waals surface area (Å²) in [6, 6.07) is 8.13. The van der Waals surface area contributed by atoms with Gasteiger partial charge in [-0.3, -0.25) is 0 Å². The van der Waals surface area contributed by atoms with Crippen molar-refractivity contribution in [1.29, 1.82) is 0 Å². The lowest BCUT2D eigenvalue weighted by Gasteiger charge is -2.14. The number of nitrogens with zero attached hydrogens (tertiary/aromatic N) is 2. The van der Waals surface area contributed by atoms with Crippen LogP contribution in [0.5, 0.6) is 0 Å². The first-order valence-corrected chi connectivity index (χ1v) is 9.54. The maximum atomic E-state index is 13.1. The average molecular weight is 430 g/mol. The summed E-state index contributed by atoms with van der Waals surface area (Å²) < 4.78 is 79.1. The lowest BCUT2D eigenvalue weighted by Crippen LogP contribution is -2.06. The van der Waals surface area contributed by atoms with Crippen molar-refractivity contribution in [3.8, 4) is 22.6 Å². The fraction of sp³-hybridized carbons (Fsp3) is 0.250. The van der Waals surface area contributed by atoms with Crippen molar-refractivity contribution in [3.63, 3.8) is 0 Å². The number of aromatic nitrogens is 2. The van der Waals surface area contributed by atoms with Gasteiger partial charge in [0.2, 0.25) is 0 Å². The summed E-state index contributed by atoms with van der Waals surface area (Å²) >= 11 is 1.27. The van der Waals surface area contributed by atoms with E-state index >= 15 is 0 Å². The summed E-state index contributed by atoms with van der Waals surface area (Å²) in [4.78, 5) is 4.75. The van der Waals surface area contributed by atoms with E-state index in [0.717, 1.165) is 24.3 Å². The molecule has 1 aromatic heterocycles. The highest BCUT2D eigenvalue weighted by atomic mass is 32.2. The Kier molecular flexibility index (Phi) is 5.71. The molecule has 0 amide bonds. The maximum absolute atomic E-state index is 13.1.